The number of ether oxygens (including phenoxy) is 1. The molecule has 1 heterocycles. The van der Waals surface area contributed by atoms with Gasteiger partial charge in [-0.15, -0.1) is 24.8 Å². The molecule has 1 N–H and O–H groups in total. The summed E-state index contributed by atoms with van der Waals surface area (Å²) in [6, 6.07) is 3.24. The van der Waals surface area contributed by atoms with Crippen LogP contribution in [0.15, 0.2) is 24.3 Å². The summed E-state index contributed by atoms with van der Waals surface area (Å²) in [4.78, 5) is 1.52. The number of nitrogens with one attached hydrogen (secondary N) is 1. The highest BCUT2D eigenvalue weighted by Gasteiger charge is 2.44. The largest absolute Gasteiger partial charge is 0.461 e. The third-order valence-electron chi connectivity index (χ3n) is 3.49. The summed E-state index contributed by atoms with van der Waals surface area (Å²) >= 11 is 0. The highest BCUT2D eigenvalue weighted by atomic mass is 35.5. The first kappa shape index (κ1) is 24.1. The Bertz CT molecular complexity index is 518. The first-order valence-corrected chi connectivity index (χ1v) is 6.99. The Morgan fingerprint density at radius 2 is 1.64 bits per heavy atom. The lowest BCUT2D eigenvalue weighted by Crippen LogP contribution is -2.46. The van der Waals surface area contributed by atoms with Gasteiger partial charge in [0.25, 0.3) is 6.43 Å². The zero-order valence-corrected chi connectivity index (χ0v) is 14.4. The summed E-state index contributed by atoms with van der Waals surface area (Å²) in [5.41, 5.74) is 0.0458. The van der Waals surface area contributed by atoms with Gasteiger partial charge in [-0.2, -0.15) is 17.6 Å². The monoisotopic (exact) mass is 414 g/mol. The van der Waals surface area contributed by atoms with Crippen molar-refractivity contribution < 1.29 is 31.1 Å². The topological polar surface area (TPSA) is 24.5 Å². The second-order valence-electron chi connectivity index (χ2n) is 5.10. The molecule has 0 spiro atoms. The Hall–Kier alpha value is -0.900. The van der Waals surface area contributed by atoms with Crippen LogP contribution in [-0.2, 0) is 0 Å². The third kappa shape index (κ3) is 6.40. The predicted octanol–water partition coefficient (Wildman–Crippen LogP) is 3.98. The standard InChI is InChI=1S/C14H16F6N2O.2ClH/c15-12(16)11(22-6-4-21-5-7-22)9-2-1-3-10(8-9)23-14(19,20)13(17)18;;/h1-3,8,11-13,21H,4-7H2;2*1H/t11-;;/m1../s1. The van der Waals surface area contributed by atoms with Gasteiger partial charge in [0, 0.05) is 26.2 Å². The van der Waals surface area contributed by atoms with E-state index in [0.717, 1.165) is 12.1 Å². The summed E-state index contributed by atoms with van der Waals surface area (Å²) in [6.07, 6.45) is -11.4. The van der Waals surface area contributed by atoms with E-state index in [1.807, 2.05) is 0 Å². The molecule has 1 aliphatic rings. The summed E-state index contributed by atoms with van der Waals surface area (Å²) in [5, 5.41) is 3.02. The van der Waals surface area contributed by atoms with E-state index < -0.39 is 30.8 Å². The molecule has 1 atom stereocenters. The minimum absolute atomic E-state index is 0. The van der Waals surface area contributed by atoms with E-state index in [-0.39, 0.29) is 30.4 Å². The second kappa shape index (κ2) is 10.3. The first-order valence-electron chi connectivity index (χ1n) is 6.99. The molecule has 1 aromatic carbocycles. The van der Waals surface area contributed by atoms with Crippen molar-refractivity contribution in [3.8, 4) is 5.75 Å². The minimum Gasteiger partial charge on any atom is -0.428 e. The van der Waals surface area contributed by atoms with Crippen LogP contribution in [0.25, 0.3) is 0 Å². The second-order valence-corrected chi connectivity index (χ2v) is 5.10. The van der Waals surface area contributed by atoms with Gasteiger partial charge < -0.3 is 10.1 Å². The van der Waals surface area contributed by atoms with Crippen molar-refractivity contribution in [1.29, 1.82) is 0 Å². The number of hydrogen-bond acceptors (Lipinski definition) is 3. The molecule has 2 rings (SSSR count). The first-order chi connectivity index (χ1) is 10.8. The maximum atomic E-state index is 13.4. The zero-order valence-electron chi connectivity index (χ0n) is 12.8. The molecule has 0 saturated carbocycles. The molecule has 0 amide bonds. The van der Waals surface area contributed by atoms with Crippen molar-refractivity contribution in [2.75, 3.05) is 26.2 Å². The van der Waals surface area contributed by atoms with Crippen LogP contribution in [0, 0.1) is 0 Å². The van der Waals surface area contributed by atoms with Crippen LogP contribution in [0.1, 0.15) is 11.6 Å². The van der Waals surface area contributed by atoms with Gasteiger partial charge in [-0.05, 0) is 17.7 Å². The molecule has 0 bridgehead atoms. The summed E-state index contributed by atoms with van der Waals surface area (Å²) in [5.74, 6) is -0.575. The molecule has 25 heavy (non-hydrogen) atoms. The van der Waals surface area contributed by atoms with Crippen molar-refractivity contribution in [2.24, 2.45) is 0 Å². The fourth-order valence-corrected chi connectivity index (χ4v) is 2.44. The molecule has 1 aliphatic heterocycles. The Balaban J connectivity index is 0.00000288. The maximum absolute atomic E-state index is 13.4. The number of benzene rings is 1. The van der Waals surface area contributed by atoms with Gasteiger partial charge in [0.2, 0.25) is 0 Å². The van der Waals surface area contributed by atoms with Crippen LogP contribution >= 0.6 is 24.8 Å². The highest BCUT2D eigenvalue weighted by molar-refractivity contribution is 5.85. The molecule has 0 aliphatic carbocycles. The van der Waals surface area contributed by atoms with Gasteiger partial charge in [-0.1, -0.05) is 12.1 Å². The average molecular weight is 415 g/mol. The Morgan fingerprint density at radius 1 is 1.04 bits per heavy atom. The molecule has 1 aromatic rings. The average Bonchev–Trinajstić information content (AvgIpc) is 2.48. The normalized spacial score (nSPS) is 17.0. The number of nitrogens with zero attached hydrogens (tertiary/aromatic N) is 1. The quantitative estimate of drug-likeness (QED) is 0.712. The van der Waals surface area contributed by atoms with E-state index >= 15 is 0 Å². The van der Waals surface area contributed by atoms with Gasteiger partial charge in [0.15, 0.2) is 0 Å². The van der Waals surface area contributed by atoms with Crippen molar-refractivity contribution >= 4 is 24.8 Å². The van der Waals surface area contributed by atoms with E-state index in [2.05, 4.69) is 10.1 Å². The summed E-state index contributed by atoms with van der Waals surface area (Å²) in [7, 11) is 0. The maximum Gasteiger partial charge on any atom is 0.461 e. The molecule has 1 fully saturated rings. The molecule has 0 aromatic heterocycles. The SMILES string of the molecule is Cl.Cl.FC(F)[C@@H](c1cccc(OC(F)(F)C(F)F)c1)N1CCNCC1. The molecular formula is C14H18Cl2F6N2O. The fourth-order valence-electron chi connectivity index (χ4n) is 2.44. The molecule has 0 unspecified atom stereocenters. The molecule has 146 valence electrons. The number of alkyl halides is 6. The minimum atomic E-state index is -4.67. The van der Waals surface area contributed by atoms with E-state index in [9.17, 15) is 26.3 Å². The Labute approximate surface area is 153 Å². The summed E-state index contributed by atoms with van der Waals surface area (Å²) in [6.45, 7) is 1.80. The van der Waals surface area contributed by atoms with Crippen LogP contribution in [0.2, 0.25) is 0 Å². The van der Waals surface area contributed by atoms with Crippen LogP contribution in [0.3, 0.4) is 0 Å². The molecular weight excluding hydrogens is 397 g/mol. The lowest BCUT2D eigenvalue weighted by Gasteiger charge is -2.34. The van der Waals surface area contributed by atoms with Crippen LogP contribution in [0.4, 0.5) is 26.3 Å². The van der Waals surface area contributed by atoms with Gasteiger partial charge in [0.1, 0.15) is 5.75 Å². The van der Waals surface area contributed by atoms with Gasteiger partial charge in [-0.25, -0.2) is 8.78 Å². The number of halogens is 8. The van der Waals surface area contributed by atoms with Gasteiger partial charge in [0.05, 0.1) is 6.04 Å². The Kier molecular flexibility index (Phi) is 9.93. The number of rotatable bonds is 6. The molecule has 1 saturated heterocycles. The van der Waals surface area contributed by atoms with Crippen molar-refractivity contribution in [3.63, 3.8) is 0 Å². The lowest BCUT2D eigenvalue weighted by molar-refractivity contribution is -0.253. The van der Waals surface area contributed by atoms with E-state index in [4.69, 9.17) is 0 Å². The van der Waals surface area contributed by atoms with Gasteiger partial charge >= 0.3 is 12.5 Å². The molecule has 3 nitrogen and oxygen atoms in total. The predicted molar refractivity (Wildman–Crippen MR) is 85.7 cm³/mol. The number of hydrogen-bond donors (Lipinski definition) is 1. The fraction of sp³-hybridized carbons (Fsp3) is 0.571. The van der Waals surface area contributed by atoms with Crippen LogP contribution < -0.4 is 10.1 Å². The molecule has 11 heteroatoms. The van der Waals surface area contributed by atoms with Gasteiger partial charge in [-0.3, -0.25) is 4.90 Å². The van der Waals surface area contributed by atoms with Crippen molar-refractivity contribution in [2.45, 2.75) is 25.0 Å². The lowest BCUT2D eigenvalue weighted by atomic mass is 10.0. The smallest absolute Gasteiger partial charge is 0.428 e. The van der Waals surface area contributed by atoms with Crippen LogP contribution in [-0.4, -0.2) is 50.0 Å². The van der Waals surface area contributed by atoms with Crippen molar-refractivity contribution in [1.82, 2.24) is 10.2 Å². The Morgan fingerprint density at radius 3 is 2.16 bits per heavy atom. The highest BCUT2D eigenvalue weighted by Crippen LogP contribution is 2.33. The third-order valence-corrected chi connectivity index (χ3v) is 3.49. The van der Waals surface area contributed by atoms with E-state index in [1.165, 1.54) is 17.0 Å². The van der Waals surface area contributed by atoms with E-state index in [0.29, 0.717) is 26.2 Å². The van der Waals surface area contributed by atoms with E-state index in [1.54, 1.807) is 0 Å². The number of piperazine rings is 1. The van der Waals surface area contributed by atoms with Crippen molar-refractivity contribution in [3.05, 3.63) is 29.8 Å². The van der Waals surface area contributed by atoms with Crippen LogP contribution in [0.5, 0.6) is 5.75 Å². The summed E-state index contributed by atoms with van der Waals surface area (Å²) < 4.78 is 81.0. The zero-order chi connectivity index (χ0) is 17.0. The molecule has 0 radical (unpaired) electrons.